The molecule has 2 saturated heterocycles. The fraction of sp³-hybridized carbons (Fsp3) is 1.00. The summed E-state index contributed by atoms with van der Waals surface area (Å²) in [6.07, 6.45) is 8.29. The Labute approximate surface area is 98.2 Å². The Morgan fingerprint density at radius 3 is 2.44 bits per heavy atom. The van der Waals surface area contributed by atoms with Crippen LogP contribution in [0.15, 0.2) is 0 Å². The van der Waals surface area contributed by atoms with Crippen molar-refractivity contribution in [3.05, 3.63) is 0 Å². The van der Waals surface area contributed by atoms with E-state index in [0.29, 0.717) is 6.04 Å². The van der Waals surface area contributed by atoms with Gasteiger partial charge < -0.3 is 10.4 Å². The summed E-state index contributed by atoms with van der Waals surface area (Å²) in [5, 5.41) is 13.3. The molecule has 0 aromatic rings. The van der Waals surface area contributed by atoms with Crippen molar-refractivity contribution in [2.75, 3.05) is 19.6 Å². The second-order valence-corrected chi connectivity index (χ2v) is 5.78. The van der Waals surface area contributed by atoms with E-state index in [2.05, 4.69) is 10.2 Å². The summed E-state index contributed by atoms with van der Waals surface area (Å²) >= 11 is 0. The van der Waals surface area contributed by atoms with Gasteiger partial charge in [-0.2, -0.15) is 0 Å². The molecule has 3 unspecified atom stereocenters. The molecule has 1 saturated carbocycles. The van der Waals surface area contributed by atoms with Gasteiger partial charge in [-0.1, -0.05) is 12.8 Å². The molecule has 0 bridgehead atoms. The van der Waals surface area contributed by atoms with Gasteiger partial charge >= 0.3 is 0 Å². The van der Waals surface area contributed by atoms with Crippen molar-refractivity contribution in [2.24, 2.45) is 5.92 Å². The molecule has 3 fully saturated rings. The lowest BCUT2D eigenvalue weighted by molar-refractivity contribution is 0.0581. The number of hydrogen-bond donors (Lipinski definition) is 2. The maximum atomic E-state index is 10.0. The molecule has 3 nitrogen and oxygen atoms in total. The lowest BCUT2D eigenvalue weighted by Gasteiger charge is -2.35. The van der Waals surface area contributed by atoms with Crippen molar-refractivity contribution in [1.82, 2.24) is 10.2 Å². The molecule has 2 heterocycles. The molecule has 0 amide bonds. The van der Waals surface area contributed by atoms with E-state index < -0.39 is 0 Å². The Kier molecular flexibility index (Phi) is 3.18. The second kappa shape index (κ2) is 4.63. The van der Waals surface area contributed by atoms with Gasteiger partial charge in [0.1, 0.15) is 0 Å². The number of aliphatic hydroxyl groups excluding tert-OH is 1. The minimum absolute atomic E-state index is 0.137. The number of nitrogens with zero attached hydrogens (tertiary/aromatic N) is 1. The molecule has 2 N–H and O–H groups in total. The number of aliphatic hydroxyl groups is 1. The first kappa shape index (κ1) is 11.0. The van der Waals surface area contributed by atoms with Crippen LogP contribution in [0.3, 0.4) is 0 Å². The van der Waals surface area contributed by atoms with E-state index in [1.54, 1.807) is 0 Å². The number of β-amino-alcohol motifs (C(OH)–C–C–N with tert-alkyl or cyclic N) is 1. The van der Waals surface area contributed by atoms with Crippen LogP contribution in [0.1, 0.15) is 38.5 Å². The van der Waals surface area contributed by atoms with Crippen LogP contribution in [-0.4, -0.2) is 47.8 Å². The summed E-state index contributed by atoms with van der Waals surface area (Å²) in [5.74, 6) is 0.926. The fourth-order valence-corrected chi connectivity index (χ4v) is 4.06. The summed E-state index contributed by atoms with van der Waals surface area (Å²) < 4.78 is 0. The van der Waals surface area contributed by atoms with Crippen molar-refractivity contribution >= 4 is 0 Å². The fourth-order valence-electron chi connectivity index (χ4n) is 4.06. The molecule has 3 rings (SSSR count). The highest BCUT2D eigenvalue weighted by Gasteiger charge is 2.40. The van der Waals surface area contributed by atoms with E-state index in [-0.39, 0.29) is 6.10 Å². The predicted molar refractivity (Wildman–Crippen MR) is 64.4 cm³/mol. The van der Waals surface area contributed by atoms with Crippen LogP contribution >= 0.6 is 0 Å². The summed E-state index contributed by atoms with van der Waals surface area (Å²) in [4.78, 5) is 2.63. The number of rotatable bonds is 2. The third-order valence-corrected chi connectivity index (χ3v) is 4.86. The van der Waals surface area contributed by atoms with E-state index >= 15 is 0 Å². The molecule has 2 aliphatic heterocycles. The molecule has 3 heteroatoms. The lowest BCUT2D eigenvalue weighted by atomic mass is 9.95. The summed E-state index contributed by atoms with van der Waals surface area (Å²) in [6.45, 7) is 2.99. The lowest BCUT2D eigenvalue weighted by Crippen LogP contribution is -2.48. The zero-order valence-corrected chi connectivity index (χ0v) is 10.1. The van der Waals surface area contributed by atoms with Crippen LogP contribution < -0.4 is 5.32 Å². The van der Waals surface area contributed by atoms with E-state index in [1.807, 2.05) is 0 Å². The van der Waals surface area contributed by atoms with Gasteiger partial charge in [0.05, 0.1) is 6.10 Å². The molecule has 3 atom stereocenters. The van der Waals surface area contributed by atoms with Crippen molar-refractivity contribution in [2.45, 2.75) is 56.7 Å². The number of likely N-dealkylation sites (tertiary alicyclic amines) is 1. The Hall–Kier alpha value is -0.120. The van der Waals surface area contributed by atoms with Gasteiger partial charge in [0, 0.05) is 25.2 Å². The largest absolute Gasteiger partial charge is 0.390 e. The van der Waals surface area contributed by atoms with Gasteiger partial charge in [-0.15, -0.1) is 0 Å². The van der Waals surface area contributed by atoms with Crippen LogP contribution in [-0.2, 0) is 0 Å². The van der Waals surface area contributed by atoms with Crippen LogP contribution in [0, 0.1) is 5.92 Å². The highest BCUT2D eigenvalue weighted by atomic mass is 16.3. The average Bonchev–Trinajstić information content (AvgIpc) is 2.95. The van der Waals surface area contributed by atoms with E-state index in [9.17, 15) is 5.11 Å². The predicted octanol–water partition coefficient (Wildman–Crippen LogP) is 0.974. The monoisotopic (exact) mass is 224 g/mol. The zero-order chi connectivity index (χ0) is 11.0. The standard InChI is InChI=1S/C13H24N2O/c16-13-9-14-8-12(13)15-7-3-6-11(15)10-4-1-2-5-10/h10-14,16H,1-9H2. The molecular formula is C13H24N2O. The maximum absolute atomic E-state index is 10.0. The molecule has 0 radical (unpaired) electrons. The van der Waals surface area contributed by atoms with Gasteiger partial charge in [-0.05, 0) is 38.1 Å². The highest BCUT2D eigenvalue weighted by molar-refractivity contribution is 4.96. The van der Waals surface area contributed by atoms with Gasteiger partial charge in [0.15, 0.2) is 0 Å². The van der Waals surface area contributed by atoms with Crippen molar-refractivity contribution in [3.63, 3.8) is 0 Å². The van der Waals surface area contributed by atoms with Crippen molar-refractivity contribution in [3.8, 4) is 0 Å². The molecule has 0 spiro atoms. The van der Waals surface area contributed by atoms with Crippen LogP contribution in [0.5, 0.6) is 0 Å². The first-order valence-electron chi connectivity index (χ1n) is 7.01. The molecule has 16 heavy (non-hydrogen) atoms. The third kappa shape index (κ3) is 1.89. The van der Waals surface area contributed by atoms with Crippen LogP contribution in [0.2, 0.25) is 0 Å². The number of nitrogens with one attached hydrogen (secondary N) is 1. The van der Waals surface area contributed by atoms with Crippen LogP contribution in [0.25, 0.3) is 0 Å². The van der Waals surface area contributed by atoms with Gasteiger partial charge in [-0.25, -0.2) is 0 Å². The number of hydrogen-bond acceptors (Lipinski definition) is 3. The minimum atomic E-state index is -0.137. The van der Waals surface area contributed by atoms with Gasteiger partial charge in [-0.3, -0.25) is 4.90 Å². The first-order valence-corrected chi connectivity index (χ1v) is 7.01. The molecular weight excluding hydrogens is 200 g/mol. The van der Waals surface area contributed by atoms with Gasteiger partial charge in [0.25, 0.3) is 0 Å². The maximum Gasteiger partial charge on any atom is 0.0831 e. The normalized spacial score (nSPS) is 42.2. The van der Waals surface area contributed by atoms with E-state index in [4.69, 9.17) is 0 Å². The van der Waals surface area contributed by atoms with Crippen LogP contribution in [0.4, 0.5) is 0 Å². The minimum Gasteiger partial charge on any atom is -0.390 e. The SMILES string of the molecule is OC1CNCC1N1CCCC1C1CCCC1. The third-order valence-electron chi connectivity index (χ3n) is 4.86. The smallest absolute Gasteiger partial charge is 0.0831 e. The highest BCUT2D eigenvalue weighted by Crippen LogP contribution is 2.36. The van der Waals surface area contributed by atoms with Gasteiger partial charge in [0.2, 0.25) is 0 Å². The Morgan fingerprint density at radius 2 is 1.75 bits per heavy atom. The van der Waals surface area contributed by atoms with Crippen molar-refractivity contribution < 1.29 is 5.11 Å². The molecule has 3 aliphatic rings. The van der Waals surface area contributed by atoms with E-state index in [0.717, 1.165) is 25.0 Å². The topological polar surface area (TPSA) is 35.5 Å². The quantitative estimate of drug-likeness (QED) is 0.734. The Bertz CT molecular complexity index is 240. The van der Waals surface area contributed by atoms with Crippen molar-refractivity contribution in [1.29, 1.82) is 0 Å². The zero-order valence-electron chi connectivity index (χ0n) is 10.1. The second-order valence-electron chi connectivity index (χ2n) is 5.78. The molecule has 0 aromatic heterocycles. The summed E-state index contributed by atoms with van der Waals surface area (Å²) in [7, 11) is 0. The molecule has 1 aliphatic carbocycles. The Morgan fingerprint density at radius 1 is 0.938 bits per heavy atom. The summed E-state index contributed by atoms with van der Waals surface area (Å²) in [6, 6.07) is 1.18. The average molecular weight is 224 g/mol. The summed E-state index contributed by atoms with van der Waals surface area (Å²) in [5.41, 5.74) is 0. The molecule has 0 aromatic carbocycles. The Balaban J connectivity index is 1.68. The van der Waals surface area contributed by atoms with E-state index in [1.165, 1.54) is 45.1 Å². The molecule has 92 valence electrons. The first-order chi connectivity index (χ1) is 7.86.